The fourth-order valence-corrected chi connectivity index (χ4v) is 2.76. The van der Waals surface area contributed by atoms with Crippen molar-refractivity contribution in [1.29, 1.82) is 0 Å². The van der Waals surface area contributed by atoms with Crippen molar-refractivity contribution >= 4 is 5.91 Å². The van der Waals surface area contributed by atoms with Gasteiger partial charge in [0, 0.05) is 24.4 Å². The third-order valence-corrected chi connectivity index (χ3v) is 3.92. The Kier molecular flexibility index (Phi) is 4.53. The van der Waals surface area contributed by atoms with Crippen molar-refractivity contribution in [1.82, 2.24) is 10.3 Å². The second kappa shape index (κ2) is 6.15. The Labute approximate surface area is 114 Å². The van der Waals surface area contributed by atoms with Crippen molar-refractivity contribution in [2.75, 3.05) is 0 Å². The third-order valence-electron chi connectivity index (χ3n) is 3.92. The number of nitrogens with one attached hydrogen (secondary N) is 1. The van der Waals surface area contributed by atoms with Crippen LogP contribution in [-0.4, -0.2) is 16.4 Å². The molecular weight excluding hydrogens is 238 g/mol. The van der Waals surface area contributed by atoms with Crippen LogP contribution in [0.4, 0.5) is 0 Å². The first kappa shape index (κ1) is 14.0. The second-order valence-electron chi connectivity index (χ2n) is 5.68. The van der Waals surface area contributed by atoms with Crippen LogP contribution in [0.15, 0.2) is 24.5 Å². The van der Waals surface area contributed by atoms with Crippen LogP contribution in [0.1, 0.15) is 57.1 Å². The highest BCUT2D eigenvalue weighted by Gasteiger charge is 2.30. The van der Waals surface area contributed by atoms with Gasteiger partial charge in [-0.3, -0.25) is 9.78 Å². The lowest BCUT2D eigenvalue weighted by Gasteiger charge is -2.33. The van der Waals surface area contributed by atoms with Gasteiger partial charge in [-0.05, 0) is 31.4 Å². The highest BCUT2D eigenvalue weighted by molar-refractivity contribution is 5.77. The lowest BCUT2D eigenvalue weighted by molar-refractivity contribution is -0.123. The number of hydrogen-bond acceptors (Lipinski definition) is 3. The smallest absolute Gasteiger partial charge is 0.222 e. The fraction of sp³-hybridized carbons (Fsp3) is 0.600. The number of rotatable bonds is 4. The number of hydrogen-bond donors (Lipinski definition) is 2. The lowest BCUT2D eigenvalue weighted by atomic mass is 9.80. The molecule has 1 aromatic rings. The predicted molar refractivity (Wildman–Crippen MR) is 75.4 cm³/mol. The van der Waals surface area contributed by atoms with E-state index in [9.17, 15) is 4.79 Å². The Morgan fingerprint density at radius 1 is 1.47 bits per heavy atom. The predicted octanol–water partition coefficient (Wildman–Crippen LogP) is 2.31. The molecule has 0 aromatic carbocycles. The van der Waals surface area contributed by atoms with Gasteiger partial charge in [-0.2, -0.15) is 0 Å². The Hall–Kier alpha value is -1.42. The Balaban J connectivity index is 1.87. The minimum atomic E-state index is -0.295. The van der Waals surface area contributed by atoms with Crippen molar-refractivity contribution < 1.29 is 4.79 Å². The molecule has 0 spiro atoms. The van der Waals surface area contributed by atoms with E-state index in [1.807, 2.05) is 19.1 Å². The second-order valence-corrected chi connectivity index (χ2v) is 5.68. The van der Waals surface area contributed by atoms with E-state index in [2.05, 4.69) is 10.3 Å². The van der Waals surface area contributed by atoms with E-state index in [1.165, 1.54) is 6.42 Å². The minimum Gasteiger partial charge on any atom is -0.349 e. The van der Waals surface area contributed by atoms with Gasteiger partial charge in [0.05, 0.1) is 6.04 Å². The van der Waals surface area contributed by atoms with E-state index in [-0.39, 0.29) is 17.5 Å². The summed E-state index contributed by atoms with van der Waals surface area (Å²) in [6.45, 7) is 1.97. The van der Waals surface area contributed by atoms with Crippen molar-refractivity contribution in [2.24, 2.45) is 5.73 Å². The van der Waals surface area contributed by atoms with Crippen LogP contribution in [0.25, 0.3) is 0 Å². The molecule has 1 aliphatic carbocycles. The zero-order valence-corrected chi connectivity index (χ0v) is 11.6. The molecule has 1 atom stereocenters. The van der Waals surface area contributed by atoms with Gasteiger partial charge in [-0.15, -0.1) is 0 Å². The summed E-state index contributed by atoms with van der Waals surface area (Å²) in [7, 11) is 0. The van der Waals surface area contributed by atoms with E-state index in [0.29, 0.717) is 6.42 Å². The highest BCUT2D eigenvalue weighted by atomic mass is 16.1. The lowest BCUT2D eigenvalue weighted by Crippen LogP contribution is -2.46. The molecule has 4 nitrogen and oxygen atoms in total. The number of carbonyl (C=O) groups excluding carboxylic acids is 1. The molecule has 1 heterocycles. The van der Waals surface area contributed by atoms with E-state index in [0.717, 1.165) is 31.2 Å². The van der Waals surface area contributed by atoms with Gasteiger partial charge < -0.3 is 11.1 Å². The average Bonchev–Trinajstić information content (AvgIpc) is 2.39. The molecular formula is C15H23N3O. The Morgan fingerprint density at radius 3 is 2.84 bits per heavy atom. The van der Waals surface area contributed by atoms with E-state index >= 15 is 0 Å². The van der Waals surface area contributed by atoms with Crippen molar-refractivity contribution in [3.63, 3.8) is 0 Å². The molecule has 1 amide bonds. The van der Waals surface area contributed by atoms with Gasteiger partial charge in [0.1, 0.15) is 0 Å². The van der Waals surface area contributed by atoms with Gasteiger partial charge >= 0.3 is 0 Å². The van der Waals surface area contributed by atoms with Crippen molar-refractivity contribution in [3.8, 4) is 0 Å². The van der Waals surface area contributed by atoms with Crippen molar-refractivity contribution in [3.05, 3.63) is 30.1 Å². The molecule has 3 N–H and O–H groups in total. The summed E-state index contributed by atoms with van der Waals surface area (Å²) in [5, 5.41) is 3.01. The monoisotopic (exact) mass is 261 g/mol. The standard InChI is InChI=1S/C15H23N3O/c1-12(13-6-5-9-17-11-13)18-14(19)10-15(16)7-3-2-4-8-15/h5-6,9,11-12H,2-4,7-8,10,16H2,1H3,(H,18,19)/t12-/m1/s1. The average molecular weight is 261 g/mol. The first-order valence-electron chi connectivity index (χ1n) is 7.07. The molecule has 0 aliphatic heterocycles. The van der Waals surface area contributed by atoms with E-state index < -0.39 is 0 Å². The van der Waals surface area contributed by atoms with Crippen LogP contribution in [-0.2, 0) is 4.79 Å². The maximum absolute atomic E-state index is 12.1. The van der Waals surface area contributed by atoms with Crippen LogP contribution < -0.4 is 11.1 Å². The summed E-state index contributed by atoms with van der Waals surface area (Å²) in [5.41, 5.74) is 7.03. The van der Waals surface area contributed by atoms with Crippen molar-refractivity contribution in [2.45, 2.75) is 57.0 Å². The molecule has 1 aromatic heterocycles. The topological polar surface area (TPSA) is 68.0 Å². The Morgan fingerprint density at radius 2 is 2.21 bits per heavy atom. The summed E-state index contributed by atoms with van der Waals surface area (Å²) in [4.78, 5) is 16.2. The van der Waals surface area contributed by atoms with Gasteiger partial charge in [-0.1, -0.05) is 25.3 Å². The van der Waals surface area contributed by atoms with Gasteiger partial charge in [0.25, 0.3) is 0 Å². The zero-order valence-electron chi connectivity index (χ0n) is 11.6. The maximum Gasteiger partial charge on any atom is 0.222 e. The molecule has 0 unspecified atom stereocenters. The number of amides is 1. The minimum absolute atomic E-state index is 0.0200. The first-order valence-corrected chi connectivity index (χ1v) is 7.07. The number of nitrogens with zero attached hydrogens (tertiary/aromatic N) is 1. The molecule has 0 radical (unpaired) electrons. The molecule has 0 bridgehead atoms. The molecule has 4 heteroatoms. The first-order chi connectivity index (χ1) is 9.09. The van der Waals surface area contributed by atoms with Crippen LogP contribution in [0, 0.1) is 0 Å². The summed E-state index contributed by atoms with van der Waals surface area (Å²) in [6.07, 6.45) is 9.39. The summed E-state index contributed by atoms with van der Waals surface area (Å²) < 4.78 is 0. The van der Waals surface area contributed by atoms with E-state index in [1.54, 1.807) is 12.4 Å². The maximum atomic E-state index is 12.1. The molecule has 1 saturated carbocycles. The summed E-state index contributed by atoms with van der Waals surface area (Å²) in [6, 6.07) is 3.83. The fourth-order valence-electron chi connectivity index (χ4n) is 2.76. The molecule has 104 valence electrons. The third kappa shape index (κ3) is 4.03. The highest BCUT2D eigenvalue weighted by Crippen LogP contribution is 2.28. The number of aromatic nitrogens is 1. The normalized spacial score (nSPS) is 19.7. The molecule has 2 rings (SSSR count). The Bertz CT molecular complexity index is 413. The van der Waals surface area contributed by atoms with Crippen LogP contribution >= 0.6 is 0 Å². The molecule has 19 heavy (non-hydrogen) atoms. The SMILES string of the molecule is C[C@@H](NC(=O)CC1(N)CCCCC1)c1cccnc1. The van der Waals surface area contributed by atoms with E-state index in [4.69, 9.17) is 5.73 Å². The van der Waals surface area contributed by atoms with Gasteiger partial charge in [0.2, 0.25) is 5.91 Å². The summed E-state index contributed by atoms with van der Waals surface area (Å²) in [5.74, 6) is 0.0424. The van der Waals surface area contributed by atoms with Crippen LogP contribution in [0.5, 0.6) is 0 Å². The van der Waals surface area contributed by atoms with Gasteiger partial charge in [0.15, 0.2) is 0 Å². The van der Waals surface area contributed by atoms with Crippen LogP contribution in [0.3, 0.4) is 0 Å². The quantitative estimate of drug-likeness (QED) is 0.874. The van der Waals surface area contributed by atoms with Gasteiger partial charge in [-0.25, -0.2) is 0 Å². The molecule has 1 fully saturated rings. The molecule has 0 saturated heterocycles. The largest absolute Gasteiger partial charge is 0.349 e. The number of nitrogens with two attached hydrogens (primary N) is 1. The number of pyridine rings is 1. The summed E-state index contributed by atoms with van der Waals surface area (Å²) >= 11 is 0. The molecule has 1 aliphatic rings. The zero-order chi connectivity index (χ0) is 13.7. The van der Waals surface area contributed by atoms with Crippen LogP contribution in [0.2, 0.25) is 0 Å². The number of carbonyl (C=O) groups is 1.